The molecule has 16 heavy (non-hydrogen) atoms. The Balaban J connectivity index is 0.00000128. The molecule has 1 aliphatic rings. The largest absolute Gasteiger partial charge is 0.350 e. The average molecular weight is 281 g/mol. The highest BCUT2D eigenvalue weighted by atomic mass is 35.5. The smallest absolute Gasteiger partial charge is 0.240 e. The molecule has 0 aliphatic heterocycles. The molecule has 0 spiro atoms. The summed E-state index contributed by atoms with van der Waals surface area (Å²) in [6.07, 6.45) is 2.64. The minimum absolute atomic E-state index is 0. The average Bonchev–Trinajstić information content (AvgIpc) is 2.57. The predicted molar refractivity (Wildman–Crippen MR) is 69.2 cm³/mol. The second-order valence-electron chi connectivity index (χ2n) is 3.90. The molecule has 3 nitrogen and oxygen atoms in total. The van der Waals surface area contributed by atoms with Crippen molar-refractivity contribution in [2.75, 3.05) is 0 Å². The summed E-state index contributed by atoms with van der Waals surface area (Å²) in [5, 5.41) is 2.84. The van der Waals surface area contributed by atoms with Gasteiger partial charge in [0, 0.05) is 4.88 Å². The molecule has 0 aromatic carbocycles. The van der Waals surface area contributed by atoms with Crippen LogP contribution in [0, 0.1) is 0 Å². The van der Waals surface area contributed by atoms with Gasteiger partial charge in [0.15, 0.2) is 0 Å². The minimum atomic E-state index is -0.610. The lowest BCUT2D eigenvalue weighted by Crippen LogP contribution is -2.58. The molecule has 1 aromatic heterocycles. The molecule has 1 heterocycles. The number of nitrogens with two attached hydrogens (primary N) is 1. The first-order chi connectivity index (χ1) is 7.10. The fraction of sp³-hybridized carbons (Fsp3) is 0.500. The second-order valence-corrected chi connectivity index (χ2v) is 5.70. The number of carbonyl (C=O) groups is 1. The zero-order chi connectivity index (χ0) is 10.9. The summed E-state index contributed by atoms with van der Waals surface area (Å²) < 4.78 is 0.741. The van der Waals surface area contributed by atoms with Crippen LogP contribution >= 0.6 is 35.3 Å². The van der Waals surface area contributed by atoms with Crippen LogP contribution in [0.1, 0.15) is 24.1 Å². The lowest BCUT2D eigenvalue weighted by Gasteiger charge is -2.36. The molecular formula is C10H14Cl2N2OS. The number of carbonyl (C=O) groups excluding carboxylic acids is 1. The molecule has 1 amide bonds. The van der Waals surface area contributed by atoms with Crippen LogP contribution in [0.3, 0.4) is 0 Å². The van der Waals surface area contributed by atoms with Gasteiger partial charge in [0.25, 0.3) is 0 Å². The van der Waals surface area contributed by atoms with Gasteiger partial charge in [-0.3, -0.25) is 4.79 Å². The number of hydrogen-bond donors (Lipinski definition) is 2. The Labute approximate surface area is 110 Å². The molecule has 1 aromatic rings. The van der Waals surface area contributed by atoms with Gasteiger partial charge in [0.05, 0.1) is 16.4 Å². The van der Waals surface area contributed by atoms with Crippen molar-refractivity contribution in [3.05, 3.63) is 21.3 Å². The van der Waals surface area contributed by atoms with Crippen LogP contribution in [0.5, 0.6) is 0 Å². The van der Waals surface area contributed by atoms with Crippen molar-refractivity contribution in [2.45, 2.75) is 31.3 Å². The van der Waals surface area contributed by atoms with Crippen molar-refractivity contribution in [1.29, 1.82) is 0 Å². The molecule has 1 saturated carbocycles. The van der Waals surface area contributed by atoms with E-state index >= 15 is 0 Å². The highest BCUT2D eigenvalue weighted by molar-refractivity contribution is 7.16. The first-order valence-electron chi connectivity index (χ1n) is 4.91. The molecule has 90 valence electrons. The third-order valence-corrected chi connectivity index (χ3v) is 3.98. The number of hydrogen-bond acceptors (Lipinski definition) is 3. The van der Waals surface area contributed by atoms with E-state index in [1.165, 1.54) is 11.3 Å². The zero-order valence-electron chi connectivity index (χ0n) is 8.66. The summed E-state index contributed by atoms with van der Waals surface area (Å²) >= 11 is 7.26. The van der Waals surface area contributed by atoms with E-state index in [0.29, 0.717) is 6.54 Å². The van der Waals surface area contributed by atoms with Crippen LogP contribution in [-0.2, 0) is 11.3 Å². The highest BCUT2D eigenvalue weighted by Gasteiger charge is 2.39. The topological polar surface area (TPSA) is 55.1 Å². The maximum atomic E-state index is 11.7. The highest BCUT2D eigenvalue weighted by Crippen LogP contribution is 2.29. The van der Waals surface area contributed by atoms with E-state index in [2.05, 4.69) is 5.32 Å². The lowest BCUT2D eigenvalue weighted by molar-refractivity contribution is -0.129. The summed E-state index contributed by atoms with van der Waals surface area (Å²) in [6, 6.07) is 3.74. The van der Waals surface area contributed by atoms with Gasteiger partial charge in [0.2, 0.25) is 5.91 Å². The van der Waals surface area contributed by atoms with Gasteiger partial charge in [0.1, 0.15) is 0 Å². The number of halogens is 2. The SMILES string of the molecule is Cl.NC1(C(=O)NCc2ccc(Cl)s2)CCC1. The first-order valence-corrected chi connectivity index (χ1v) is 6.11. The minimum Gasteiger partial charge on any atom is -0.350 e. The van der Waals surface area contributed by atoms with E-state index < -0.39 is 5.54 Å². The van der Waals surface area contributed by atoms with Gasteiger partial charge < -0.3 is 11.1 Å². The summed E-state index contributed by atoms with van der Waals surface area (Å²) in [4.78, 5) is 12.7. The normalized spacial score (nSPS) is 17.1. The standard InChI is InChI=1S/C10H13ClN2OS.ClH/c11-8-3-2-7(15-8)6-13-9(14)10(12)4-1-5-10;/h2-3H,1,4-6,12H2,(H,13,14);1H. The summed E-state index contributed by atoms with van der Waals surface area (Å²) in [6.45, 7) is 0.523. The van der Waals surface area contributed by atoms with Crippen LogP contribution in [0.4, 0.5) is 0 Å². The molecule has 1 aliphatic carbocycles. The summed E-state index contributed by atoms with van der Waals surface area (Å²) in [5.41, 5.74) is 5.27. The Morgan fingerprint density at radius 1 is 1.56 bits per heavy atom. The first kappa shape index (κ1) is 13.8. The van der Waals surface area contributed by atoms with Crippen LogP contribution < -0.4 is 11.1 Å². The van der Waals surface area contributed by atoms with E-state index in [4.69, 9.17) is 17.3 Å². The Bertz CT molecular complexity index is 377. The van der Waals surface area contributed by atoms with E-state index in [9.17, 15) is 4.79 Å². The maximum Gasteiger partial charge on any atom is 0.240 e. The van der Waals surface area contributed by atoms with Gasteiger partial charge in [-0.05, 0) is 31.4 Å². The lowest BCUT2D eigenvalue weighted by atomic mass is 9.77. The van der Waals surface area contributed by atoms with Gasteiger partial charge in [-0.25, -0.2) is 0 Å². The Kier molecular flexibility index (Phi) is 4.62. The molecule has 2 rings (SSSR count). The molecule has 0 bridgehead atoms. The molecule has 1 fully saturated rings. The van der Waals surface area contributed by atoms with Crippen LogP contribution in [0.15, 0.2) is 12.1 Å². The molecule has 0 atom stereocenters. The number of rotatable bonds is 3. The fourth-order valence-electron chi connectivity index (χ4n) is 1.57. The van der Waals surface area contributed by atoms with Crippen molar-refractivity contribution < 1.29 is 4.79 Å². The van der Waals surface area contributed by atoms with E-state index in [0.717, 1.165) is 28.5 Å². The van der Waals surface area contributed by atoms with Crippen LogP contribution in [0.25, 0.3) is 0 Å². The van der Waals surface area contributed by atoms with Crippen molar-refractivity contribution >= 4 is 41.3 Å². The molecule has 0 saturated heterocycles. The Morgan fingerprint density at radius 2 is 2.25 bits per heavy atom. The van der Waals surface area contributed by atoms with Crippen LogP contribution in [0.2, 0.25) is 4.34 Å². The third kappa shape index (κ3) is 2.88. The van der Waals surface area contributed by atoms with Crippen molar-refractivity contribution in [1.82, 2.24) is 5.32 Å². The van der Waals surface area contributed by atoms with Gasteiger partial charge in [-0.2, -0.15) is 0 Å². The van der Waals surface area contributed by atoms with E-state index in [-0.39, 0.29) is 18.3 Å². The van der Waals surface area contributed by atoms with Crippen molar-refractivity contribution in [3.8, 4) is 0 Å². The van der Waals surface area contributed by atoms with E-state index in [1.807, 2.05) is 12.1 Å². The summed E-state index contributed by atoms with van der Waals surface area (Å²) in [7, 11) is 0. The van der Waals surface area contributed by atoms with Gasteiger partial charge in [-0.1, -0.05) is 11.6 Å². The second kappa shape index (κ2) is 5.36. The Morgan fingerprint density at radius 3 is 2.69 bits per heavy atom. The molecule has 0 radical (unpaired) electrons. The monoisotopic (exact) mass is 280 g/mol. The van der Waals surface area contributed by atoms with E-state index in [1.54, 1.807) is 0 Å². The predicted octanol–water partition coefficient (Wildman–Crippen LogP) is 2.32. The molecular weight excluding hydrogens is 267 g/mol. The van der Waals surface area contributed by atoms with Crippen molar-refractivity contribution in [3.63, 3.8) is 0 Å². The molecule has 3 N–H and O–H groups in total. The molecule has 0 unspecified atom stereocenters. The van der Waals surface area contributed by atoms with Crippen molar-refractivity contribution in [2.24, 2.45) is 5.73 Å². The third-order valence-electron chi connectivity index (χ3n) is 2.75. The quantitative estimate of drug-likeness (QED) is 0.893. The zero-order valence-corrected chi connectivity index (χ0v) is 11.1. The number of nitrogens with one attached hydrogen (secondary N) is 1. The van der Waals surface area contributed by atoms with Gasteiger partial charge >= 0.3 is 0 Å². The summed E-state index contributed by atoms with van der Waals surface area (Å²) in [5.74, 6) is -0.0433. The molecule has 6 heteroatoms. The van der Waals surface area contributed by atoms with Gasteiger partial charge in [-0.15, -0.1) is 23.7 Å². The number of amides is 1. The Hall–Kier alpha value is -0.290. The fourth-order valence-corrected chi connectivity index (χ4v) is 2.60. The maximum absolute atomic E-state index is 11.7. The number of thiophene rings is 1. The van der Waals surface area contributed by atoms with Crippen LogP contribution in [-0.4, -0.2) is 11.4 Å².